The molecule has 50 heavy (non-hydrogen) atoms. The van der Waals surface area contributed by atoms with Gasteiger partial charge in [-0.2, -0.15) is 0 Å². The standard InChI is InChI=1S/2C22H19.C3H6.2ClH.Zr/c2*1-15(2)18-13-17-9-6-12-21(22(17)14-18)20-11-5-8-16-7-3-4-10-19(16)20;1-3-2;;;/h2*3-15H,1-2H3;1-3H2;2*1H;/q;;;;;+2/p-2. The maximum absolute atomic E-state index is 2.99. The molecule has 0 N–H and O–H groups in total. The van der Waals surface area contributed by atoms with Gasteiger partial charge in [0.15, 0.2) is 0 Å². The molecular formula is C47H44Cl2Zr. The van der Waals surface area contributed by atoms with Crippen molar-refractivity contribution >= 4 is 33.7 Å². The second-order valence-corrected chi connectivity index (χ2v) is 26.6. The van der Waals surface area contributed by atoms with Crippen LogP contribution in [0.1, 0.15) is 63.6 Å². The van der Waals surface area contributed by atoms with E-state index < -0.39 is 20.3 Å². The van der Waals surface area contributed by atoms with Gasteiger partial charge in [-0.3, -0.25) is 0 Å². The van der Waals surface area contributed by atoms with E-state index in [0.29, 0.717) is 19.1 Å². The zero-order valence-corrected chi connectivity index (χ0v) is 33.4. The molecule has 3 aliphatic rings. The Balaban J connectivity index is 0.00000196. The summed E-state index contributed by atoms with van der Waals surface area (Å²) in [6.45, 7) is 9.84. The minimum atomic E-state index is -2.99. The van der Waals surface area contributed by atoms with Gasteiger partial charge in [0.05, 0.1) is 0 Å². The number of allylic oxidation sites excluding steroid dienone is 2. The summed E-state index contributed by atoms with van der Waals surface area (Å²) in [4.78, 5) is 0. The quantitative estimate of drug-likeness (QED) is 0.164. The Bertz CT molecular complexity index is 2140. The van der Waals surface area contributed by atoms with Crippen molar-refractivity contribution in [3.8, 4) is 22.3 Å². The van der Waals surface area contributed by atoms with Crippen LogP contribution in [0.5, 0.6) is 0 Å². The van der Waals surface area contributed by atoms with Crippen molar-refractivity contribution in [1.82, 2.24) is 0 Å². The van der Waals surface area contributed by atoms with E-state index >= 15 is 0 Å². The molecule has 0 amide bonds. The molecule has 0 saturated carbocycles. The summed E-state index contributed by atoms with van der Waals surface area (Å²) in [5, 5.41) is 5.35. The molecule has 1 saturated heterocycles. The Hall–Kier alpha value is -3.22. The molecule has 1 fully saturated rings. The van der Waals surface area contributed by atoms with E-state index in [1.54, 1.807) is 22.3 Å². The smallest absolute Gasteiger partial charge is 1.00 e. The number of fused-ring (bicyclic) bond motifs is 4. The van der Waals surface area contributed by atoms with Crippen molar-refractivity contribution in [3.05, 3.63) is 155 Å². The normalized spacial score (nSPS) is 18.0. The summed E-state index contributed by atoms with van der Waals surface area (Å²) in [5.41, 5.74) is 15.3. The van der Waals surface area contributed by atoms with Crippen molar-refractivity contribution in [2.75, 3.05) is 0 Å². The average molecular weight is 771 g/mol. The molecule has 2 atom stereocenters. The maximum atomic E-state index is 2.67. The fraction of sp³-hybridized carbons (Fsp3) is 0.234. The molecule has 0 aromatic heterocycles. The molecule has 1 aliphatic heterocycles. The first-order valence-corrected chi connectivity index (χ1v) is 24.4. The van der Waals surface area contributed by atoms with E-state index in [1.807, 2.05) is 0 Å². The van der Waals surface area contributed by atoms with Crippen LogP contribution < -0.4 is 24.8 Å². The molecule has 2 aliphatic carbocycles. The van der Waals surface area contributed by atoms with Crippen molar-refractivity contribution in [1.29, 1.82) is 0 Å². The molecular weight excluding hydrogens is 727 g/mol. The van der Waals surface area contributed by atoms with Crippen LogP contribution in [0, 0.1) is 11.8 Å². The van der Waals surface area contributed by atoms with Gasteiger partial charge in [-0.05, 0) is 0 Å². The molecule has 2 unspecified atom stereocenters. The van der Waals surface area contributed by atoms with Crippen LogP contribution >= 0.6 is 0 Å². The summed E-state index contributed by atoms with van der Waals surface area (Å²) in [6, 6.07) is 46.1. The number of hydrogen-bond donors (Lipinski definition) is 0. The number of benzene rings is 6. The monoisotopic (exact) mass is 768 g/mol. The van der Waals surface area contributed by atoms with Crippen LogP contribution in [0.3, 0.4) is 0 Å². The Morgan fingerprint density at radius 1 is 0.460 bits per heavy atom. The van der Waals surface area contributed by atoms with Crippen LogP contribution in [0.25, 0.3) is 56.0 Å². The Morgan fingerprint density at radius 3 is 1.24 bits per heavy atom. The number of rotatable bonds is 6. The zero-order valence-electron chi connectivity index (χ0n) is 29.4. The van der Waals surface area contributed by atoms with E-state index in [0.717, 1.165) is 0 Å². The topological polar surface area (TPSA) is 0 Å². The Labute approximate surface area is 314 Å². The van der Waals surface area contributed by atoms with Crippen molar-refractivity contribution in [2.24, 2.45) is 11.8 Å². The SMILES string of the molecule is CC(C)C1=Cc2c(-c3cccc4ccccc34)cccc2[CH]1[Zr+2]1([CH]2C(C(C)C)=Cc3c(-c4cccc5ccccc45)cccc32)[CH2]C[CH2]1.[Cl-].[Cl-]. The summed E-state index contributed by atoms with van der Waals surface area (Å²) in [7, 11) is 0. The third-order valence-corrected chi connectivity index (χ3v) is 27.3. The fourth-order valence-corrected chi connectivity index (χ4v) is 26.0. The summed E-state index contributed by atoms with van der Waals surface area (Å²) >= 11 is -2.99. The largest absolute Gasteiger partial charge is 1.00 e. The average Bonchev–Trinajstić information content (AvgIpc) is 3.68. The van der Waals surface area contributed by atoms with Crippen LogP contribution in [-0.4, -0.2) is 0 Å². The maximum Gasteiger partial charge on any atom is -1.00 e. The van der Waals surface area contributed by atoms with Gasteiger partial charge in [0.2, 0.25) is 0 Å². The van der Waals surface area contributed by atoms with Crippen molar-refractivity contribution in [2.45, 2.75) is 49.6 Å². The molecule has 0 spiro atoms. The second kappa shape index (κ2) is 13.7. The third-order valence-electron chi connectivity index (χ3n) is 12.1. The van der Waals surface area contributed by atoms with Crippen LogP contribution in [0.2, 0.25) is 8.26 Å². The van der Waals surface area contributed by atoms with Crippen LogP contribution in [0.4, 0.5) is 0 Å². The first kappa shape index (κ1) is 35.2. The molecule has 0 nitrogen and oxygen atoms in total. The summed E-state index contributed by atoms with van der Waals surface area (Å²) in [6.07, 6.45) is 6.73. The van der Waals surface area contributed by atoms with Crippen LogP contribution in [-0.2, 0) is 20.3 Å². The molecule has 1 heterocycles. The molecule has 0 radical (unpaired) electrons. The van der Waals surface area contributed by atoms with Gasteiger partial charge >= 0.3 is 292 Å². The van der Waals surface area contributed by atoms with E-state index in [-0.39, 0.29) is 24.8 Å². The molecule has 9 rings (SSSR count). The number of halogens is 2. The molecule has 6 aromatic rings. The Kier molecular flexibility index (Phi) is 9.66. The van der Waals surface area contributed by atoms with Crippen molar-refractivity contribution < 1.29 is 45.1 Å². The summed E-state index contributed by atoms with van der Waals surface area (Å²) < 4.78 is 4.21. The Morgan fingerprint density at radius 2 is 0.840 bits per heavy atom. The van der Waals surface area contributed by atoms with Gasteiger partial charge in [-0.15, -0.1) is 0 Å². The zero-order chi connectivity index (χ0) is 32.6. The summed E-state index contributed by atoms with van der Waals surface area (Å²) in [5.74, 6) is 1.07. The van der Waals surface area contributed by atoms with E-state index in [4.69, 9.17) is 0 Å². The first-order valence-electron chi connectivity index (χ1n) is 18.1. The minimum Gasteiger partial charge on any atom is -1.00 e. The molecule has 0 bridgehead atoms. The van der Waals surface area contributed by atoms with Gasteiger partial charge in [0, 0.05) is 0 Å². The third kappa shape index (κ3) is 5.34. The predicted molar refractivity (Wildman–Crippen MR) is 204 cm³/mol. The van der Waals surface area contributed by atoms with Gasteiger partial charge in [0.1, 0.15) is 0 Å². The first-order chi connectivity index (χ1) is 23.5. The van der Waals surface area contributed by atoms with Gasteiger partial charge in [0.25, 0.3) is 0 Å². The van der Waals surface area contributed by atoms with E-state index in [1.165, 1.54) is 69.6 Å². The van der Waals surface area contributed by atoms with E-state index in [9.17, 15) is 0 Å². The van der Waals surface area contributed by atoms with Crippen molar-refractivity contribution in [3.63, 3.8) is 0 Å². The fourth-order valence-electron chi connectivity index (χ4n) is 9.85. The molecule has 250 valence electrons. The molecule has 6 aromatic carbocycles. The predicted octanol–water partition coefficient (Wildman–Crippen LogP) is 7.62. The van der Waals surface area contributed by atoms with E-state index in [2.05, 4.69) is 161 Å². The van der Waals surface area contributed by atoms with Gasteiger partial charge in [-0.1, -0.05) is 0 Å². The second-order valence-electron chi connectivity index (χ2n) is 15.2. The molecule has 3 heteroatoms. The minimum absolute atomic E-state index is 0. The van der Waals surface area contributed by atoms with Gasteiger partial charge < -0.3 is 24.8 Å². The van der Waals surface area contributed by atoms with Gasteiger partial charge in [-0.25, -0.2) is 0 Å². The van der Waals surface area contributed by atoms with Crippen LogP contribution in [0.15, 0.2) is 132 Å². The number of hydrogen-bond acceptors (Lipinski definition) is 0.